The Kier molecular flexibility index (Phi) is 4.43. The van der Waals surface area contributed by atoms with Crippen molar-refractivity contribution in [3.8, 4) is 0 Å². The van der Waals surface area contributed by atoms with Crippen molar-refractivity contribution < 1.29 is 4.79 Å². The molecule has 1 saturated carbocycles. The van der Waals surface area contributed by atoms with E-state index in [2.05, 4.69) is 11.8 Å². The van der Waals surface area contributed by atoms with Crippen LogP contribution in [0.25, 0.3) is 0 Å². The first-order chi connectivity index (χ1) is 8.22. The van der Waals surface area contributed by atoms with Crippen molar-refractivity contribution in [1.29, 1.82) is 0 Å². The van der Waals surface area contributed by atoms with Gasteiger partial charge in [0.25, 0.3) is 0 Å². The minimum absolute atomic E-state index is 0.302. The molecule has 1 amide bonds. The molecule has 0 aromatic rings. The van der Waals surface area contributed by atoms with Crippen LogP contribution in [0.15, 0.2) is 0 Å². The fraction of sp³-hybridized carbons (Fsp3) is 0.929. The molecule has 3 nitrogen and oxygen atoms in total. The SMILES string of the molecule is CC1CC(CN)CN1C(=O)C1CCCCCC1. The van der Waals surface area contributed by atoms with Crippen LogP contribution in [0.5, 0.6) is 0 Å². The predicted molar refractivity (Wildman–Crippen MR) is 69.5 cm³/mol. The maximum atomic E-state index is 12.5. The van der Waals surface area contributed by atoms with E-state index in [0.717, 1.165) is 32.4 Å². The Morgan fingerprint density at radius 3 is 2.41 bits per heavy atom. The topological polar surface area (TPSA) is 46.3 Å². The molecule has 2 rings (SSSR count). The average molecular weight is 238 g/mol. The molecule has 1 aliphatic carbocycles. The summed E-state index contributed by atoms with van der Waals surface area (Å²) in [7, 11) is 0. The molecule has 2 N–H and O–H groups in total. The third-order valence-corrected chi connectivity index (χ3v) is 4.48. The minimum Gasteiger partial charge on any atom is -0.339 e. The number of carbonyl (C=O) groups excluding carboxylic acids is 1. The first kappa shape index (κ1) is 12.9. The summed E-state index contributed by atoms with van der Waals surface area (Å²) in [6.45, 7) is 3.79. The number of rotatable bonds is 2. The zero-order valence-corrected chi connectivity index (χ0v) is 11.0. The molecule has 1 aliphatic heterocycles. The number of nitrogens with zero attached hydrogens (tertiary/aromatic N) is 1. The lowest BCUT2D eigenvalue weighted by Crippen LogP contribution is -2.38. The van der Waals surface area contributed by atoms with Crippen LogP contribution in [0.2, 0.25) is 0 Å². The van der Waals surface area contributed by atoms with E-state index in [1.165, 1.54) is 25.7 Å². The summed E-state index contributed by atoms with van der Waals surface area (Å²) in [5, 5.41) is 0. The van der Waals surface area contributed by atoms with E-state index < -0.39 is 0 Å². The highest BCUT2D eigenvalue weighted by Crippen LogP contribution is 2.29. The van der Waals surface area contributed by atoms with Gasteiger partial charge in [0.1, 0.15) is 0 Å². The molecule has 0 aromatic carbocycles. The molecular formula is C14H26N2O. The van der Waals surface area contributed by atoms with Crippen LogP contribution >= 0.6 is 0 Å². The Labute approximate surface area is 105 Å². The fourth-order valence-electron chi connectivity index (χ4n) is 3.38. The molecule has 1 heterocycles. The van der Waals surface area contributed by atoms with Gasteiger partial charge in [-0.2, -0.15) is 0 Å². The molecule has 2 unspecified atom stereocenters. The number of hydrogen-bond donors (Lipinski definition) is 1. The molecule has 3 heteroatoms. The van der Waals surface area contributed by atoms with Gasteiger partial charge in [0.15, 0.2) is 0 Å². The highest BCUT2D eigenvalue weighted by Gasteiger charge is 2.34. The Morgan fingerprint density at radius 1 is 1.24 bits per heavy atom. The van der Waals surface area contributed by atoms with Gasteiger partial charge >= 0.3 is 0 Å². The van der Waals surface area contributed by atoms with Crippen LogP contribution in [0.4, 0.5) is 0 Å². The van der Waals surface area contributed by atoms with Gasteiger partial charge in [-0.3, -0.25) is 4.79 Å². The first-order valence-electron chi connectivity index (χ1n) is 7.23. The molecule has 1 saturated heterocycles. The minimum atomic E-state index is 0.302. The second-order valence-corrected chi connectivity index (χ2v) is 5.87. The van der Waals surface area contributed by atoms with Gasteiger partial charge in [-0.25, -0.2) is 0 Å². The normalized spacial score (nSPS) is 31.5. The first-order valence-corrected chi connectivity index (χ1v) is 7.23. The molecule has 98 valence electrons. The molecule has 2 fully saturated rings. The molecule has 2 atom stereocenters. The number of nitrogens with two attached hydrogens (primary N) is 1. The van der Waals surface area contributed by atoms with Gasteiger partial charge < -0.3 is 10.6 Å². The second-order valence-electron chi connectivity index (χ2n) is 5.87. The summed E-state index contributed by atoms with van der Waals surface area (Å²) in [5.41, 5.74) is 5.72. The summed E-state index contributed by atoms with van der Waals surface area (Å²) < 4.78 is 0. The van der Waals surface area contributed by atoms with Crippen LogP contribution in [-0.2, 0) is 4.79 Å². The van der Waals surface area contributed by atoms with Crippen molar-refractivity contribution in [2.75, 3.05) is 13.1 Å². The van der Waals surface area contributed by atoms with E-state index >= 15 is 0 Å². The summed E-state index contributed by atoms with van der Waals surface area (Å²) in [4.78, 5) is 14.6. The summed E-state index contributed by atoms with van der Waals surface area (Å²) in [6, 6.07) is 0.402. The van der Waals surface area contributed by atoms with Crippen molar-refractivity contribution in [2.45, 2.75) is 57.9 Å². The van der Waals surface area contributed by atoms with Gasteiger partial charge in [-0.15, -0.1) is 0 Å². The summed E-state index contributed by atoms with van der Waals surface area (Å²) in [5.74, 6) is 1.24. The van der Waals surface area contributed by atoms with E-state index in [0.29, 0.717) is 23.8 Å². The predicted octanol–water partition coefficient (Wildman–Crippen LogP) is 2.15. The highest BCUT2D eigenvalue weighted by atomic mass is 16.2. The monoisotopic (exact) mass is 238 g/mol. The van der Waals surface area contributed by atoms with Gasteiger partial charge in [0, 0.05) is 18.5 Å². The third kappa shape index (κ3) is 3.01. The second kappa shape index (κ2) is 5.85. The average Bonchev–Trinajstić information content (AvgIpc) is 2.56. The Hall–Kier alpha value is -0.570. The van der Waals surface area contributed by atoms with Crippen LogP contribution in [0, 0.1) is 11.8 Å². The zero-order valence-electron chi connectivity index (χ0n) is 11.0. The van der Waals surface area contributed by atoms with E-state index in [1.54, 1.807) is 0 Å². The molecular weight excluding hydrogens is 212 g/mol. The largest absolute Gasteiger partial charge is 0.339 e. The maximum Gasteiger partial charge on any atom is 0.225 e. The van der Waals surface area contributed by atoms with Crippen molar-refractivity contribution in [3.05, 3.63) is 0 Å². The Bertz CT molecular complexity index is 259. The van der Waals surface area contributed by atoms with Crippen LogP contribution in [-0.4, -0.2) is 29.9 Å². The highest BCUT2D eigenvalue weighted by molar-refractivity contribution is 5.79. The third-order valence-electron chi connectivity index (χ3n) is 4.48. The van der Waals surface area contributed by atoms with Crippen molar-refractivity contribution >= 4 is 5.91 Å². The number of hydrogen-bond acceptors (Lipinski definition) is 2. The standard InChI is InChI=1S/C14H26N2O/c1-11-8-12(9-15)10-16(11)14(17)13-6-4-2-3-5-7-13/h11-13H,2-10,15H2,1H3. The van der Waals surface area contributed by atoms with Crippen LogP contribution in [0.3, 0.4) is 0 Å². The lowest BCUT2D eigenvalue weighted by Gasteiger charge is -2.26. The maximum absolute atomic E-state index is 12.5. The van der Waals surface area contributed by atoms with Crippen LogP contribution < -0.4 is 5.73 Å². The van der Waals surface area contributed by atoms with E-state index in [-0.39, 0.29) is 0 Å². The van der Waals surface area contributed by atoms with Gasteiger partial charge in [-0.1, -0.05) is 25.7 Å². The van der Waals surface area contributed by atoms with E-state index in [4.69, 9.17) is 5.73 Å². The number of amides is 1. The van der Waals surface area contributed by atoms with E-state index in [1.807, 2.05) is 0 Å². The molecule has 0 aromatic heterocycles. The fourth-order valence-corrected chi connectivity index (χ4v) is 3.38. The molecule has 17 heavy (non-hydrogen) atoms. The van der Waals surface area contributed by atoms with Gasteiger partial charge in [0.2, 0.25) is 5.91 Å². The number of likely N-dealkylation sites (tertiary alicyclic amines) is 1. The van der Waals surface area contributed by atoms with Crippen molar-refractivity contribution in [2.24, 2.45) is 17.6 Å². The number of carbonyl (C=O) groups is 1. The van der Waals surface area contributed by atoms with Crippen molar-refractivity contribution in [3.63, 3.8) is 0 Å². The van der Waals surface area contributed by atoms with Gasteiger partial charge in [-0.05, 0) is 38.6 Å². The molecule has 0 spiro atoms. The summed E-state index contributed by atoms with van der Waals surface area (Å²) in [6.07, 6.45) is 8.40. The Morgan fingerprint density at radius 2 is 1.88 bits per heavy atom. The van der Waals surface area contributed by atoms with Gasteiger partial charge in [0.05, 0.1) is 0 Å². The smallest absolute Gasteiger partial charge is 0.225 e. The molecule has 2 aliphatic rings. The van der Waals surface area contributed by atoms with E-state index in [9.17, 15) is 4.79 Å². The quantitative estimate of drug-likeness (QED) is 0.749. The Balaban J connectivity index is 1.94. The summed E-state index contributed by atoms with van der Waals surface area (Å²) >= 11 is 0. The lowest BCUT2D eigenvalue weighted by molar-refractivity contribution is -0.136. The van der Waals surface area contributed by atoms with Crippen LogP contribution in [0.1, 0.15) is 51.9 Å². The molecule has 0 bridgehead atoms. The lowest BCUT2D eigenvalue weighted by atomic mass is 9.98. The zero-order chi connectivity index (χ0) is 12.3. The molecule has 0 radical (unpaired) electrons. The van der Waals surface area contributed by atoms with Crippen molar-refractivity contribution in [1.82, 2.24) is 4.90 Å².